The van der Waals surface area contributed by atoms with Crippen LogP contribution in [0, 0.1) is 11.7 Å². The van der Waals surface area contributed by atoms with Crippen molar-refractivity contribution >= 4 is 5.91 Å². The lowest BCUT2D eigenvalue weighted by atomic mass is 9.67. The molecule has 1 N–H and O–H groups in total. The van der Waals surface area contributed by atoms with Crippen LogP contribution in [0.25, 0.3) is 0 Å². The van der Waals surface area contributed by atoms with Crippen molar-refractivity contribution in [1.82, 2.24) is 5.32 Å². The number of halogens is 1. The van der Waals surface area contributed by atoms with Crippen LogP contribution < -0.4 is 10.1 Å². The van der Waals surface area contributed by atoms with Gasteiger partial charge in [-0.25, -0.2) is 4.39 Å². The minimum Gasteiger partial charge on any atom is -0.496 e. The van der Waals surface area contributed by atoms with E-state index < -0.39 is 0 Å². The van der Waals surface area contributed by atoms with Crippen LogP contribution in [0.4, 0.5) is 4.39 Å². The van der Waals surface area contributed by atoms with Gasteiger partial charge in [0.1, 0.15) is 11.6 Å². The van der Waals surface area contributed by atoms with E-state index in [4.69, 9.17) is 4.74 Å². The third kappa shape index (κ3) is 5.12. The topological polar surface area (TPSA) is 38.3 Å². The molecule has 0 bridgehead atoms. The molecule has 2 aromatic carbocycles. The number of rotatable bonds is 5. The third-order valence-electron chi connectivity index (χ3n) is 5.61. The first kappa shape index (κ1) is 21.9. The average molecular weight is 386 g/mol. The maximum absolute atomic E-state index is 13.8. The van der Waals surface area contributed by atoms with Gasteiger partial charge >= 0.3 is 0 Å². The zero-order valence-corrected chi connectivity index (χ0v) is 17.4. The number of hydrogen-bond acceptors (Lipinski definition) is 2. The van der Waals surface area contributed by atoms with Crippen molar-refractivity contribution in [3.63, 3.8) is 0 Å². The van der Waals surface area contributed by atoms with Crippen LogP contribution in [0.5, 0.6) is 5.75 Å². The van der Waals surface area contributed by atoms with E-state index in [1.54, 1.807) is 31.4 Å². The quantitative estimate of drug-likeness (QED) is 0.713. The molecule has 0 unspecified atom stereocenters. The fraction of sp³-hybridized carbons (Fsp3) is 0.458. The van der Waals surface area contributed by atoms with Crippen molar-refractivity contribution in [2.24, 2.45) is 5.92 Å². The lowest BCUT2D eigenvalue weighted by Crippen LogP contribution is -2.43. The highest BCUT2D eigenvalue weighted by atomic mass is 19.1. The van der Waals surface area contributed by atoms with Crippen molar-refractivity contribution < 1.29 is 13.9 Å². The Bertz CT molecular complexity index is 767. The molecule has 1 aliphatic carbocycles. The van der Waals surface area contributed by atoms with E-state index in [1.165, 1.54) is 6.07 Å². The molecular weight excluding hydrogens is 353 g/mol. The van der Waals surface area contributed by atoms with Gasteiger partial charge in [0.15, 0.2) is 0 Å². The molecule has 1 saturated carbocycles. The fourth-order valence-corrected chi connectivity index (χ4v) is 3.88. The van der Waals surface area contributed by atoms with E-state index in [2.05, 4.69) is 12.2 Å². The maximum Gasteiger partial charge on any atom is 0.255 e. The Morgan fingerprint density at radius 3 is 2.46 bits per heavy atom. The Kier molecular flexibility index (Phi) is 8.04. The highest BCUT2D eigenvalue weighted by molar-refractivity contribution is 5.96. The second kappa shape index (κ2) is 10.3. The summed E-state index contributed by atoms with van der Waals surface area (Å²) in [6, 6.07) is 14.0. The number of carbonyl (C=O) groups excluding carboxylic acids is 1. The Morgan fingerprint density at radius 1 is 1.14 bits per heavy atom. The van der Waals surface area contributed by atoms with Crippen LogP contribution in [-0.4, -0.2) is 19.6 Å². The molecule has 0 aliphatic heterocycles. The Labute approximate surface area is 168 Å². The summed E-state index contributed by atoms with van der Waals surface area (Å²) in [5.74, 6) is 0.845. The Morgan fingerprint density at radius 2 is 1.82 bits per heavy atom. The van der Waals surface area contributed by atoms with Crippen molar-refractivity contribution in [2.75, 3.05) is 13.7 Å². The number of amides is 1. The Balaban J connectivity index is 0.00000136. The number of para-hydroxylation sites is 1. The monoisotopic (exact) mass is 385 g/mol. The minimum atomic E-state index is -0.225. The molecule has 4 heteroatoms. The summed E-state index contributed by atoms with van der Waals surface area (Å²) in [5, 5.41) is 3.08. The van der Waals surface area contributed by atoms with Crippen molar-refractivity contribution in [3.8, 4) is 5.75 Å². The molecule has 0 heterocycles. The van der Waals surface area contributed by atoms with Crippen LogP contribution in [0.3, 0.4) is 0 Å². The molecule has 3 nitrogen and oxygen atoms in total. The molecule has 3 rings (SSSR count). The van der Waals surface area contributed by atoms with E-state index in [0.717, 1.165) is 31.2 Å². The molecule has 2 aromatic rings. The van der Waals surface area contributed by atoms with Crippen LogP contribution in [0.2, 0.25) is 0 Å². The summed E-state index contributed by atoms with van der Waals surface area (Å²) in [6.07, 6.45) is 4.07. The van der Waals surface area contributed by atoms with Gasteiger partial charge in [-0.15, -0.1) is 0 Å². The summed E-state index contributed by atoms with van der Waals surface area (Å²) in [7, 11) is 1.56. The zero-order chi connectivity index (χ0) is 20.6. The summed E-state index contributed by atoms with van der Waals surface area (Å²) in [5.41, 5.74) is 1.28. The summed E-state index contributed by atoms with van der Waals surface area (Å²) in [6.45, 7) is 6.75. The molecule has 1 aliphatic rings. The molecule has 0 radical (unpaired) electrons. The standard InChI is InChI=1S/C22H26FNO2.C2H6/c1-16-10-12-22(13-11-16,17-6-5-7-18(23)14-17)15-24-21(25)19-8-3-4-9-20(19)26-2;1-2/h3-9,14,16H,10-13,15H2,1-2H3,(H,24,25);1-2H3. The van der Waals surface area contributed by atoms with Crippen molar-refractivity contribution in [2.45, 2.75) is 51.9 Å². The molecule has 0 aromatic heterocycles. The smallest absolute Gasteiger partial charge is 0.255 e. The van der Waals surface area contributed by atoms with Crippen LogP contribution in [-0.2, 0) is 5.41 Å². The van der Waals surface area contributed by atoms with Crippen molar-refractivity contribution in [1.29, 1.82) is 0 Å². The van der Waals surface area contributed by atoms with Gasteiger partial charge in [0.25, 0.3) is 5.91 Å². The van der Waals surface area contributed by atoms with E-state index in [0.29, 0.717) is 23.8 Å². The molecule has 28 heavy (non-hydrogen) atoms. The normalized spacial score (nSPS) is 21.2. The first-order chi connectivity index (χ1) is 13.5. The lowest BCUT2D eigenvalue weighted by molar-refractivity contribution is 0.0930. The predicted octanol–water partition coefficient (Wildman–Crippen LogP) is 5.74. The lowest BCUT2D eigenvalue weighted by Gasteiger charge is -2.40. The van der Waals surface area contributed by atoms with Crippen LogP contribution >= 0.6 is 0 Å². The van der Waals surface area contributed by atoms with Gasteiger partial charge in [0.05, 0.1) is 12.7 Å². The van der Waals surface area contributed by atoms with Gasteiger partial charge in [-0.3, -0.25) is 4.79 Å². The first-order valence-corrected chi connectivity index (χ1v) is 10.2. The number of carbonyl (C=O) groups is 1. The van der Waals surface area contributed by atoms with Crippen LogP contribution in [0.1, 0.15) is 62.4 Å². The SMILES string of the molecule is CC.COc1ccccc1C(=O)NCC1(c2cccc(F)c2)CCC(C)CC1. The molecule has 1 amide bonds. The largest absolute Gasteiger partial charge is 0.496 e. The van der Waals surface area contributed by atoms with E-state index in [9.17, 15) is 9.18 Å². The second-order valence-corrected chi connectivity index (χ2v) is 7.36. The van der Waals surface area contributed by atoms with Crippen LogP contribution in [0.15, 0.2) is 48.5 Å². The van der Waals surface area contributed by atoms with Crippen molar-refractivity contribution in [3.05, 3.63) is 65.5 Å². The van der Waals surface area contributed by atoms with Gasteiger partial charge in [-0.1, -0.05) is 45.0 Å². The van der Waals surface area contributed by atoms with Gasteiger partial charge in [-0.2, -0.15) is 0 Å². The highest BCUT2D eigenvalue weighted by Gasteiger charge is 2.36. The van der Waals surface area contributed by atoms with Gasteiger partial charge in [-0.05, 0) is 61.4 Å². The number of hydrogen-bond donors (Lipinski definition) is 1. The number of nitrogens with one attached hydrogen (secondary N) is 1. The van der Waals surface area contributed by atoms with Gasteiger partial charge in [0, 0.05) is 12.0 Å². The first-order valence-electron chi connectivity index (χ1n) is 10.2. The molecule has 0 spiro atoms. The molecule has 0 atom stereocenters. The Hall–Kier alpha value is -2.36. The van der Waals surface area contributed by atoms with Gasteiger partial charge < -0.3 is 10.1 Å². The van der Waals surface area contributed by atoms with E-state index in [1.807, 2.05) is 32.0 Å². The van der Waals surface area contributed by atoms with E-state index >= 15 is 0 Å². The fourth-order valence-electron chi connectivity index (χ4n) is 3.88. The molecule has 1 fully saturated rings. The molecular formula is C24H32FNO2. The summed E-state index contributed by atoms with van der Waals surface area (Å²) < 4.78 is 19.1. The number of benzene rings is 2. The third-order valence-corrected chi connectivity index (χ3v) is 5.61. The molecule has 152 valence electrons. The maximum atomic E-state index is 13.8. The number of methoxy groups -OCH3 is 1. The summed E-state index contributed by atoms with van der Waals surface area (Å²) >= 11 is 0. The van der Waals surface area contributed by atoms with Gasteiger partial charge in [0.2, 0.25) is 0 Å². The molecule has 0 saturated heterocycles. The predicted molar refractivity (Wildman–Crippen MR) is 112 cm³/mol. The second-order valence-electron chi connectivity index (χ2n) is 7.36. The highest BCUT2D eigenvalue weighted by Crippen LogP contribution is 2.41. The zero-order valence-electron chi connectivity index (χ0n) is 17.4. The number of ether oxygens (including phenoxy) is 1. The minimum absolute atomic E-state index is 0.156. The van der Waals surface area contributed by atoms with E-state index in [-0.39, 0.29) is 17.1 Å². The summed E-state index contributed by atoms with van der Waals surface area (Å²) in [4.78, 5) is 12.7. The average Bonchev–Trinajstić information content (AvgIpc) is 2.75.